The second-order valence-electron chi connectivity index (χ2n) is 6.25. The first kappa shape index (κ1) is 14.6. The summed E-state index contributed by atoms with van der Waals surface area (Å²) in [6.45, 7) is 3.90. The second-order valence-corrected chi connectivity index (χ2v) is 6.25. The van der Waals surface area contributed by atoms with Gasteiger partial charge in [0.1, 0.15) is 12.1 Å². The van der Waals surface area contributed by atoms with E-state index in [4.69, 9.17) is 11.5 Å². The van der Waals surface area contributed by atoms with Crippen LogP contribution in [0.2, 0.25) is 0 Å². The third-order valence-electron chi connectivity index (χ3n) is 4.24. The van der Waals surface area contributed by atoms with Crippen molar-refractivity contribution in [3.8, 4) is 11.1 Å². The summed E-state index contributed by atoms with van der Waals surface area (Å²) < 4.78 is 0. The number of fused-ring (bicyclic) bond motifs is 2. The maximum absolute atomic E-state index is 6.04. The van der Waals surface area contributed by atoms with Gasteiger partial charge in [0.05, 0.1) is 5.52 Å². The molecule has 0 radical (unpaired) electrons. The van der Waals surface area contributed by atoms with Crippen LogP contribution in [0.3, 0.4) is 0 Å². The lowest BCUT2D eigenvalue weighted by Crippen LogP contribution is -2.44. The maximum atomic E-state index is 6.04. The van der Waals surface area contributed by atoms with Crippen LogP contribution in [0.1, 0.15) is 18.1 Å². The molecule has 0 saturated heterocycles. The van der Waals surface area contributed by atoms with Crippen molar-refractivity contribution in [1.82, 2.24) is 9.97 Å². The van der Waals surface area contributed by atoms with Crippen molar-refractivity contribution in [3.05, 3.63) is 47.8 Å². The quantitative estimate of drug-likeness (QED) is 0.640. The Morgan fingerprint density at radius 2 is 1.96 bits per heavy atom. The first-order valence-corrected chi connectivity index (χ1v) is 7.71. The number of anilines is 2. The average Bonchev–Trinajstić information content (AvgIpc) is 2.53. The number of para-hydroxylation sites is 1. The summed E-state index contributed by atoms with van der Waals surface area (Å²) in [7, 11) is 0. The van der Waals surface area contributed by atoms with E-state index in [9.17, 15) is 0 Å². The predicted octanol–water partition coefficient (Wildman–Crippen LogP) is 2.66. The average molecular weight is 318 g/mol. The summed E-state index contributed by atoms with van der Waals surface area (Å²) >= 11 is 0. The molecule has 0 spiro atoms. The van der Waals surface area contributed by atoms with Crippen LogP contribution in [-0.2, 0) is 0 Å². The van der Waals surface area contributed by atoms with Crippen LogP contribution in [0.5, 0.6) is 0 Å². The molecule has 1 atom stereocenters. The molecule has 24 heavy (non-hydrogen) atoms. The van der Waals surface area contributed by atoms with Crippen LogP contribution >= 0.6 is 0 Å². The molecule has 6 heteroatoms. The molecule has 5 N–H and O–H groups in total. The first-order valence-electron chi connectivity index (χ1n) is 7.71. The van der Waals surface area contributed by atoms with Gasteiger partial charge in [0, 0.05) is 28.4 Å². The van der Waals surface area contributed by atoms with Gasteiger partial charge in [0.2, 0.25) is 0 Å². The molecule has 3 aromatic rings. The van der Waals surface area contributed by atoms with E-state index >= 15 is 0 Å². The minimum Gasteiger partial charge on any atom is -0.383 e. The Kier molecular flexibility index (Phi) is 3.04. The van der Waals surface area contributed by atoms with E-state index in [0.29, 0.717) is 5.82 Å². The van der Waals surface area contributed by atoms with Gasteiger partial charge in [-0.1, -0.05) is 12.1 Å². The number of nitrogens with two attached hydrogens (primary N) is 2. The Hall–Kier alpha value is -2.99. The second kappa shape index (κ2) is 5.01. The predicted molar refractivity (Wildman–Crippen MR) is 97.9 cm³/mol. The molecular formula is C18H18N6. The molecule has 0 amide bonds. The van der Waals surface area contributed by atoms with Crippen LogP contribution in [0.4, 0.5) is 11.5 Å². The zero-order valence-electron chi connectivity index (χ0n) is 13.5. The van der Waals surface area contributed by atoms with E-state index in [0.717, 1.165) is 38.8 Å². The number of nitrogens with one attached hydrogen (secondary N) is 1. The van der Waals surface area contributed by atoms with Crippen molar-refractivity contribution in [2.45, 2.75) is 19.6 Å². The van der Waals surface area contributed by atoms with Gasteiger partial charge in [-0.3, -0.25) is 10.7 Å². The third-order valence-corrected chi connectivity index (χ3v) is 4.24. The number of hydrogen-bond acceptors (Lipinski definition) is 6. The molecule has 120 valence electrons. The van der Waals surface area contributed by atoms with Gasteiger partial charge in [-0.2, -0.15) is 0 Å². The number of nitrogens with zero attached hydrogens (tertiary/aromatic N) is 3. The van der Waals surface area contributed by atoms with Gasteiger partial charge in [-0.05, 0) is 43.2 Å². The lowest BCUT2D eigenvalue weighted by Gasteiger charge is -2.28. The van der Waals surface area contributed by atoms with E-state index in [1.54, 1.807) is 0 Å². The van der Waals surface area contributed by atoms with Crippen LogP contribution in [0.25, 0.3) is 22.0 Å². The van der Waals surface area contributed by atoms with Crippen molar-refractivity contribution in [3.63, 3.8) is 0 Å². The summed E-state index contributed by atoms with van der Waals surface area (Å²) in [5.74, 6) is -0.290. The van der Waals surface area contributed by atoms with E-state index in [-0.39, 0.29) is 0 Å². The summed E-state index contributed by atoms with van der Waals surface area (Å²) in [6, 6.07) is 10.1. The summed E-state index contributed by atoms with van der Waals surface area (Å²) in [4.78, 5) is 12.8. The molecule has 1 aliphatic rings. The Morgan fingerprint density at radius 1 is 1.12 bits per heavy atom. The highest BCUT2D eigenvalue weighted by Gasteiger charge is 2.22. The van der Waals surface area contributed by atoms with E-state index in [2.05, 4.69) is 39.3 Å². The van der Waals surface area contributed by atoms with Crippen molar-refractivity contribution >= 4 is 28.6 Å². The number of aliphatic imine (C=N–C) groups is 1. The maximum Gasteiger partial charge on any atom is 0.179 e. The van der Waals surface area contributed by atoms with Crippen LogP contribution in [-0.4, -0.2) is 22.0 Å². The minimum absolute atomic E-state index is 0.486. The zero-order chi connectivity index (χ0) is 16.9. The fourth-order valence-electron chi connectivity index (χ4n) is 3.06. The summed E-state index contributed by atoms with van der Waals surface area (Å²) in [5.41, 5.74) is 18.1. The highest BCUT2D eigenvalue weighted by Crippen LogP contribution is 2.35. The fraction of sp³-hybridized carbons (Fsp3) is 0.167. The van der Waals surface area contributed by atoms with E-state index in [1.807, 2.05) is 31.3 Å². The molecule has 0 bridgehead atoms. The normalized spacial score (nSPS) is 19.1. The van der Waals surface area contributed by atoms with Gasteiger partial charge < -0.3 is 11.1 Å². The molecule has 0 saturated carbocycles. The Balaban J connectivity index is 1.95. The highest BCUT2D eigenvalue weighted by molar-refractivity contribution is 6.01. The van der Waals surface area contributed by atoms with Gasteiger partial charge in [-0.15, -0.1) is 0 Å². The monoisotopic (exact) mass is 318 g/mol. The number of hydrogen-bond donors (Lipinski definition) is 3. The third kappa shape index (κ3) is 2.28. The molecular weight excluding hydrogens is 300 g/mol. The van der Waals surface area contributed by atoms with Gasteiger partial charge in [-0.25, -0.2) is 9.97 Å². The smallest absolute Gasteiger partial charge is 0.179 e. The summed E-state index contributed by atoms with van der Waals surface area (Å²) in [5, 5.41) is 4.09. The Morgan fingerprint density at radius 3 is 2.79 bits per heavy atom. The Labute approximate surface area is 139 Å². The molecule has 0 aliphatic carbocycles. The molecule has 1 unspecified atom stereocenters. The van der Waals surface area contributed by atoms with E-state index < -0.39 is 5.79 Å². The SMILES string of the molecule is Cc1cc2c(cc1-c1cccc3c(N)ncnc13)C=NC(C)(N)N2. The van der Waals surface area contributed by atoms with Gasteiger partial charge >= 0.3 is 0 Å². The molecule has 1 aliphatic heterocycles. The minimum atomic E-state index is -0.776. The largest absolute Gasteiger partial charge is 0.383 e. The van der Waals surface area contributed by atoms with Crippen molar-refractivity contribution < 1.29 is 0 Å². The topological polar surface area (TPSA) is 102 Å². The molecule has 0 fully saturated rings. The van der Waals surface area contributed by atoms with Gasteiger partial charge in [0.15, 0.2) is 5.79 Å². The molecule has 6 nitrogen and oxygen atoms in total. The van der Waals surface area contributed by atoms with Crippen LogP contribution in [0, 0.1) is 6.92 Å². The molecule has 1 aromatic heterocycles. The molecule has 2 aromatic carbocycles. The lowest BCUT2D eigenvalue weighted by atomic mass is 9.94. The Bertz CT molecular complexity index is 990. The lowest BCUT2D eigenvalue weighted by molar-refractivity contribution is 0.566. The number of aromatic nitrogens is 2. The van der Waals surface area contributed by atoms with E-state index in [1.165, 1.54) is 6.33 Å². The number of benzene rings is 2. The number of rotatable bonds is 1. The fourth-order valence-corrected chi connectivity index (χ4v) is 3.06. The standard InChI is InChI=1S/C18H18N6/c1-10-6-15-11(8-23-18(2,20)24-15)7-14(10)12-4-3-5-13-16(12)21-9-22-17(13)19/h3-9,24H,20H2,1-2H3,(H2,19,21,22). The van der Waals surface area contributed by atoms with Crippen molar-refractivity contribution in [2.24, 2.45) is 10.7 Å². The van der Waals surface area contributed by atoms with Crippen molar-refractivity contribution in [1.29, 1.82) is 0 Å². The van der Waals surface area contributed by atoms with Crippen molar-refractivity contribution in [2.75, 3.05) is 11.1 Å². The highest BCUT2D eigenvalue weighted by atomic mass is 15.3. The number of nitrogen functional groups attached to an aromatic ring is 1. The molecule has 4 rings (SSSR count). The zero-order valence-corrected chi connectivity index (χ0v) is 13.5. The molecule has 2 heterocycles. The number of aryl methyl sites for hydroxylation is 1. The summed E-state index contributed by atoms with van der Waals surface area (Å²) in [6.07, 6.45) is 3.31. The first-order chi connectivity index (χ1) is 11.4. The van der Waals surface area contributed by atoms with Gasteiger partial charge in [0.25, 0.3) is 0 Å². The van der Waals surface area contributed by atoms with Crippen LogP contribution < -0.4 is 16.8 Å². The van der Waals surface area contributed by atoms with Crippen LogP contribution in [0.15, 0.2) is 41.7 Å².